The Hall–Kier alpha value is -2.71. The molecule has 0 amide bonds. The quantitative estimate of drug-likeness (QED) is 0.403. The van der Waals surface area contributed by atoms with E-state index in [1.807, 2.05) is 55.1 Å². The first-order chi connectivity index (χ1) is 14.1. The molecule has 0 fully saturated rings. The van der Waals surface area contributed by atoms with Crippen LogP contribution in [0, 0.1) is 0 Å². The summed E-state index contributed by atoms with van der Waals surface area (Å²) in [5, 5.41) is 19.5. The molecule has 0 saturated heterocycles. The van der Waals surface area contributed by atoms with Crippen molar-refractivity contribution in [1.82, 2.24) is 19.7 Å². The van der Waals surface area contributed by atoms with Gasteiger partial charge in [-0.3, -0.25) is 4.90 Å². The molecule has 0 aliphatic heterocycles. The van der Waals surface area contributed by atoms with Crippen molar-refractivity contribution in [2.75, 3.05) is 26.5 Å². The molecule has 0 bridgehead atoms. The van der Waals surface area contributed by atoms with Gasteiger partial charge in [0.05, 0.1) is 20.3 Å². The van der Waals surface area contributed by atoms with E-state index in [1.165, 1.54) is 0 Å². The lowest BCUT2D eigenvalue weighted by molar-refractivity contribution is 0.299. The first-order valence-corrected chi connectivity index (χ1v) is 10.3. The number of para-hydroxylation sites is 1. The van der Waals surface area contributed by atoms with Gasteiger partial charge in [0.2, 0.25) is 0 Å². The first kappa shape index (κ1) is 21.0. The molecule has 7 nitrogen and oxygen atoms in total. The molecule has 3 aromatic rings. The number of aromatic hydroxyl groups is 1. The number of methoxy groups -OCH3 is 1. The van der Waals surface area contributed by atoms with Crippen molar-refractivity contribution in [2.24, 2.45) is 7.05 Å². The molecule has 1 aromatic heterocycles. The standard InChI is InChI=1S/C21H26N4O3S/c1-24(14-16-13-18(27-3)9-10-19(16)26)15-20-22-23-21(25(20)2)29-12-11-28-17-7-5-4-6-8-17/h4-10,13,26H,11-12,14-15H2,1-3H3. The summed E-state index contributed by atoms with van der Waals surface area (Å²) in [5.74, 6) is 3.50. The fourth-order valence-electron chi connectivity index (χ4n) is 2.82. The number of hydrogen-bond donors (Lipinski definition) is 1. The number of aromatic nitrogens is 3. The van der Waals surface area contributed by atoms with E-state index in [1.54, 1.807) is 31.0 Å². The third-order valence-electron chi connectivity index (χ3n) is 4.39. The van der Waals surface area contributed by atoms with Crippen LogP contribution in [0.15, 0.2) is 53.7 Å². The number of phenolic OH excluding ortho intramolecular Hbond substituents is 1. The second kappa shape index (κ2) is 10.2. The smallest absolute Gasteiger partial charge is 0.191 e. The van der Waals surface area contributed by atoms with E-state index < -0.39 is 0 Å². The van der Waals surface area contributed by atoms with Crippen LogP contribution in [-0.4, -0.2) is 51.3 Å². The van der Waals surface area contributed by atoms with Crippen molar-refractivity contribution in [1.29, 1.82) is 0 Å². The van der Waals surface area contributed by atoms with E-state index in [-0.39, 0.29) is 5.75 Å². The minimum atomic E-state index is 0.255. The summed E-state index contributed by atoms with van der Waals surface area (Å²) < 4.78 is 12.9. The molecule has 1 heterocycles. The van der Waals surface area contributed by atoms with Gasteiger partial charge in [0.15, 0.2) is 5.16 Å². The maximum absolute atomic E-state index is 10.1. The van der Waals surface area contributed by atoms with Gasteiger partial charge in [-0.2, -0.15) is 0 Å². The van der Waals surface area contributed by atoms with Gasteiger partial charge in [0.1, 0.15) is 23.1 Å². The van der Waals surface area contributed by atoms with Crippen molar-refractivity contribution in [3.63, 3.8) is 0 Å². The van der Waals surface area contributed by atoms with E-state index in [0.29, 0.717) is 19.7 Å². The zero-order valence-corrected chi connectivity index (χ0v) is 17.7. The molecular weight excluding hydrogens is 388 g/mol. The number of rotatable bonds is 10. The second-order valence-corrected chi connectivity index (χ2v) is 7.70. The van der Waals surface area contributed by atoms with Gasteiger partial charge in [0.25, 0.3) is 0 Å². The summed E-state index contributed by atoms with van der Waals surface area (Å²) in [6.45, 7) is 1.79. The Balaban J connectivity index is 1.51. The third-order valence-corrected chi connectivity index (χ3v) is 5.37. The summed E-state index contributed by atoms with van der Waals surface area (Å²) in [5.41, 5.74) is 0.807. The molecule has 154 valence electrons. The molecule has 3 rings (SSSR count). The number of phenols is 1. The van der Waals surface area contributed by atoms with E-state index in [4.69, 9.17) is 9.47 Å². The summed E-state index contributed by atoms with van der Waals surface area (Å²) >= 11 is 1.61. The SMILES string of the molecule is COc1ccc(O)c(CN(C)Cc2nnc(SCCOc3ccccc3)n2C)c1. The molecule has 0 atom stereocenters. The summed E-state index contributed by atoms with van der Waals surface area (Å²) in [7, 11) is 5.56. The Labute approximate surface area is 175 Å². The highest BCUT2D eigenvalue weighted by molar-refractivity contribution is 7.99. The highest BCUT2D eigenvalue weighted by atomic mass is 32.2. The van der Waals surface area contributed by atoms with E-state index in [2.05, 4.69) is 15.1 Å². The second-order valence-electron chi connectivity index (χ2n) is 6.63. The summed E-state index contributed by atoms with van der Waals surface area (Å²) in [6, 6.07) is 15.0. The Morgan fingerprint density at radius 3 is 2.62 bits per heavy atom. The average Bonchev–Trinajstić information content (AvgIpc) is 3.07. The summed E-state index contributed by atoms with van der Waals surface area (Å²) in [4.78, 5) is 2.07. The maximum atomic E-state index is 10.1. The van der Waals surface area contributed by atoms with Crippen LogP contribution in [0.4, 0.5) is 0 Å². The highest BCUT2D eigenvalue weighted by Crippen LogP contribution is 2.24. The fourth-order valence-corrected chi connectivity index (χ4v) is 3.57. The van der Waals surface area contributed by atoms with Gasteiger partial charge < -0.3 is 19.1 Å². The van der Waals surface area contributed by atoms with E-state index in [0.717, 1.165) is 33.8 Å². The lowest BCUT2D eigenvalue weighted by atomic mass is 10.2. The highest BCUT2D eigenvalue weighted by Gasteiger charge is 2.13. The van der Waals surface area contributed by atoms with Crippen molar-refractivity contribution in [3.05, 3.63) is 59.9 Å². The predicted octanol–water partition coefficient (Wildman–Crippen LogP) is 3.33. The number of ether oxygens (including phenoxy) is 2. The minimum Gasteiger partial charge on any atom is -0.508 e. The summed E-state index contributed by atoms with van der Waals surface area (Å²) in [6.07, 6.45) is 0. The van der Waals surface area contributed by atoms with Crippen LogP contribution in [0.3, 0.4) is 0 Å². The molecule has 1 N–H and O–H groups in total. The minimum absolute atomic E-state index is 0.255. The third kappa shape index (κ3) is 5.88. The van der Waals surface area contributed by atoms with Gasteiger partial charge in [-0.25, -0.2) is 0 Å². The van der Waals surface area contributed by atoms with Crippen LogP contribution in [0.2, 0.25) is 0 Å². The van der Waals surface area contributed by atoms with Gasteiger partial charge in [0, 0.05) is 24.9 Å². The number of thioether (sulfide) groups is 1. The van der Waals surface area contributed by atoms with Gasteiger partial charge in [-0.1, -0.05) is 30.0 Å². The van der Waals surface area contributed by atoms with Crippen molar-refractivity contribution >= 4 is 11.8 Å². The molecule has 0 unspecified atom stereocenters. The maximum Gasteiger partial charge on any atom is 0.191 e. The average molecular weight is 415 g/mol. The van der Waals surface area contributed by atoms with Crippen LogP contribution >= 0.6 is 11.8 Å². The fraction of sp³-hybridized carbons (Fsp3) is 0.333. The van der Waals surface area contributed by atoms with Crippen LogP contribution in [-0.2, 0) is 20.1 Å². The Kier molecular flexibility index (Phi) is 7.37. The van der Waals surface area contributed by atoms with E-state index >= 15 is 0 Å². The molecule has 0 aliphatic rings. The van der Waals surface area contributed by atoms with Crippen LogP contribution in [0.25, 0.3) is 0 Å². The van der Waals surface area contributed by atoms with Crippen molar-refractivity contribution < 1.29 is 14.6 Å². The van der Waals surface area contributed by atoms with Gasteiger partial charge in [-0.15, -0.1) is 10.2 Å². The molecule has 0 spiro atoms. The molecule has 8 heteroatoms. The lowest BCUT2D eigenvalue weighted by Gasteiger charge is -2.17. The predicted molar refractivity (Wildman–Crippen MR) is 113 cm³/mol. The molecule has 2 aromatic carbocycles. The van der Waals surface area contributed by atoms with Crippen molar-refractivity contribution in [3.8, 4) is 17.2 Å². The molecule has 0 radical (unpaired) electrons. The topological polar surface area (TPSA) is 72.6 Å². The van der Waals surface area contributed by atoms with E-state index in [9.17, 15) is 5.11 Å². The molecule has 29 heavy (non-hydrogen) atoms. The molecular formula is C21H26N4O3S. The largest absolute Gasteiger partial charge is 0.508 e. The van der Waals surface area contributed by atoms with Crippen molar-refractivity contribution in [2.45, 2.75) is 18.2 Å². The Bertz CT molecular complexity index is 918. The number of hydrogen-bond acceptors (Lipinski definition) is 7. The lowest BCUT2D eigenvalue weighted by Crippen LogP contribution is -2.19. The molecule has 0 saturated carbocycles. The number of nitrogens with zero attached hydrogens (tertiary/aromatic N) is 4. The zero-order valence-electron chi connectivity index (χ0n) is 16.9. The van der Waals surface area contributed by atoms with Crippen LogP contribution < -0.4 is 9.47 Å². The van der Waals surface area contributed by atoms with Crippen LogP contribution in [0.5, 0.6) is 17.2 Å². The zero-order chi connectivity index (χ0) is 20.6. The van der Waals surface area contributed by atoms with Gasteiger partial charge in [-0.05, 0) is 37.4 Å². The number of benzene rings is 2. The Morgan fingerprint density at radius 2 is 1.86 bits per heavy atom. The Morgan fingerprint density at radius 1 is 1.07 bits per heavy atom. The molecule has 0 aliphatic carbocycles. The van der Waals surface area contributed by atoms with Crippen LogP contribution in [0.1, 0.15) is 11.4 Å². The van der Waals surface area contributed by atoms with Gasteiger partial charge >= 0.3 is 0 Å². The first-order valence-electron chi connectivity index (χ1n) is 9.30. The monoisotopic (exact) mass is 414 g/mol. The normalized spacial score (nSPS) is 11.0.